The van der Waals surface area contributed by atoms with Gasteiger partial charge in [0.1, 0.15) is 5.54 Å². The van der Waals surface area contributed by atoms with Crippen molar-refractivity contribution in [2.75, 3.05) is 32.6 Å². The Morgan fingerprint density at radius 1 is 1.04 bits per heavy atom. The van der Waals surface area contributed by atoms with Crippen LogP contribution in [0.1, 0.15) is 59.5 Å². The summed E-state index contributed by atoms with van der Waals surface area (Å²) in [6.07, 6.45) is 7.62. The number of carbonyl (C=O) groups excluding carboxylic acids is 2. The number of hydrogen-bond acceptors (Lipinski definition) is 6. The van der Waals surface area contributed by atoms with Crippen LogP contribution < -0.4 is 15.4 Å². The predicted octanol–water partition coefficient (Wildman–Crippen LogP) is 5.45. The molecule has 1 aliphatic carbocycles. The number of aromatic nitrogens is 2. The molecule has 1 atom stereocenters. The second-order valence-corrected chi connectivity index (χ2v) is 12.4. The fourth-order valence-electron chi connectivity index (χ4n) is 6.93. The van der Waals surface area contributed by atoms with Crippen LogP contribution in [0.3, 0.4) is 0 Å². The van der Waals surface area contributed by atoms with Crippen LogP contribution in [0.4, 0.5) is 5.69 Å². The molecule has 2 amide bonds. The number of likely N-dealkylation sites (tertiary alicyclic amines) is 1. The van der Waals surface area contributed by atoms with Crippen molar-refractivity contribution in [3.63, 3.8) is 0 Å². The lowest BCUT2D eigenvalue weighted by Crippen LogP contribution is -2.58. The number of amides is 2. The highest BCUT2D eigenvalue weighted by Crippen LogP contribution is 2.44. The Labute approximate surface area is 268 Å². The van der Waals surface area contributed by atoms with Crippen LogP contribution in [0.5, 0.6) is 5.88 Å². The van der Waals surface area contributed by atoms with Gasteiger partial charge in [0.05, 0.1) is 18.5 Å². The highest BCUT2D eigenvalue weighted by Gasteiger charge is 2.45. The minimum absolute atomic E-state index is 0.297. The summed E-state index contributed by atoms with van der Waals surface area (Å²) in [5, 5.41) is 16.0. The molecule has 6 rings (SSSR count). The van der Waals surface area contributed by atoms with Gasteiger partial charge in [-0.15, -0.1) is 0 Å². The number of carboxylic acid groups (broad SMARTS) is 1. The third kappa shape index (κ3) is 6.12. The summed E-state index contributed by atoms with van der Waals surface area (Å²) in [4.78, 5) is 45.3. The van der Waals surface area contributed by atoms with Gasteiger partial charge in [-0.1, -0.05) is 37.1 Å². The highest BCUT2D eigenvalue weighted by atomic mass is 16.5. The summed E-state index contributed by atoms with van der Waals surface area (Å²) in [5.41, 5.74) is 4.69. The van der Waals surface area contributed by atoms with Gasteiger partial charge in [0, 0.05) is 54.4 Å². The number of carboxylic acids is 1. The first-order valence-electron chi connectivity index (χ1n) is 15.6. The van der Waals surface area contributed by atoms with Gasteiger partial charge in [0.15, 0.2) is 0 Å². The quantitative estimate of drug-likeness (QED) is 0.212. The smallest absolute Gasteiger partial charge is 0.328 e. The van der Waals surface area contributed by atoms with Gasteiger partial charge in [0.2, 0.25) is 5.88 Å². The molecule has 3 N–H and O–H groups in total. The van der Waals surface area contributed by atoms with Gasteiger partial charge in [-0.3, -0.25) is 9.59 Å². The summed E-state index contributed by atoms with van der Waals surface area (Å²) in [5.74, 6) is -0.679. The van der Waals surface area contributed by atoms with E-state index in [2.05, 4.69) is 15.2 Å². The average Bonchev–Trinajstić information content (AvgIpc) is 3.79. The first-order valence-corrected chi connectivity index (χ1v) is 15.6. The minimum atomic E-state index is -1.12. The molecule has 46 heavy (non-hydrogen) atoms. The number of ether oxygens (including phenoxy) is 1. The maximum atomic E-state index is 13.9. The second kappa shape index (κ2) is 12.8. The standard InChI is InChI=1S/C36H39N5O5/c1-40-20-19-36(22-40,35(45)37-26-15-11-23(12-16-26)13-18-31(42)43)39-34(44)25-14-17-27-29(21-25)41(2)33(32(27)24-7-4-5-8-24)28-9-6-10-30(38-28)46-3/h6,9-18,21,24H,4-5,7-8,19-20,22H2,1-3H3,(H,37,45)(H,39,44)(H,42,43)/b18-13+/t36-/m0/s1. The minimum Gasteiger partial charge on any atom is -0.481 e. The number of likely N-dealkylation sites (N-methyl/N-ethyl adjacent to an activating group) is 1. The third-order valence-electron chi connectivity index (χ3n) is 9.28. The second-order valence-electron chi connectivity index (χ2n) is 12.4. The number of fused-ring (bicyclic) bond motifs is 1. The molecule has 1 saturated carbocycles. The Bertz CT molecular complexity index is 1820. The molecule has 10 nitrogen and oxygen atoms in total. The van der Waals surface area contributed by atoms with E-state index in [-0.39, 0.29) is 11.8 Å². The Hall–Kier alpha value is -4.96. The van der Waals surface area contributed by atoms with Crippen molar-refractivity contribution in [1.82, 2.24) is 19.8 Å². The Kier molecular flexibility index (Phi) is 8.64. The van der Waals surface area contributed by atoms with Gasteiger partial charge >= 0.3 is 5.97 Å². The topological polar surface area (TPSA) is 126 Å². The molecule has 2 aromatic heterocycles. The van der Waals surface area contributed by atoms with Crippen molar-refractivity contribution < 1.29 is 24.2 Å². The molecule has 1 saturated heterocycles. The van der Waals surface area contributed by atoms with E-state index in [1.165, 1.54) is 24.5 Å². The van der Waals surface area contributed by atoms with Crippen LogP contribution in [0, 0.1) is 0 Å². The maximum absolute atomic E-state index is 13.9. The fourth-order valence-corrected chi connectivity index (χ4v) is 6.93. The summed E-state index contributed by atoms with van der Waals surface area (Å²) < 4.78 is 7.56. The Morgan fingerprint density at radius 2 is 1.80 bits per heavy atom. The van der Waals surface area contributed by atoms with Crippen LogP contribution in [-0.2, 0) is 16.6 Å². The number of anilines is 1. The van der Waals surface area contributed by atoms with Crippen LogP contribution >= 0.6 is 0 Å². The van der Waals surface area contributed by atoms with Gasteiger partial charge < -0.3 is 29.9 Å². The van der Waals surface area contributed by atoms with E-state index in [1.54, 1.807) is 31.4 Å². The molecule has 0 radical (unpaired) electrons. The number of carbonyl (C=O) groups is 3. The molecule has 3 heterocycles. The highest BCUT2D eigenvalue weighted by molar-refractivity contribution is 6.06. The van der Waals surface area contributed by atoms with E-state index in [4.69, 9.17) is 14.8 Å². The lowest BCUT2D eigenvalue weighted by Gasteiger charge is -2.29. The number of nitrogens with one attached hydrogen (secondary N) is 2. The van der Waals surface area contributed by atoms with E-state index < -0.39 is 11.5 Å². The number of nitrogens with zero attached hydrogens (tertiary/aromatic N) is 3. The zero-order chi connectivity index (χ0) is 32.4. The lowest BCUT2D eigenvalue weighted by atomic mass is 9.92. The van der Waals surface area contributed by atoms with E-state index >= 15 is 0 Å². The normalized spacial score (nSPS) is 18.8. The van der Waals surface area contributed by atoms with Gasteiger partial charge in [-0.25, -0.2) is 9.78 Å². The predicted molar refractivity (Wildman–Crippen MR) is 178 cm³/mol. The molecular weight excluding hydrogens is 582 g/mol. The average molecular weight is 622 g/mol. The molecule has 0 spiro atoms. The maximum Gasteiger partial charge on any atom is 0.328 e. The van der Waals surface area contributed by atoms with Gasteiger partial charge in [-0.05, 0) is 79.8 Å². The molecule has 1 aliphatic heterocycles. The first-order chi connectivity index (χ1) is 22.2. The number of methoxy groups -OCH3 is 1. The van der Waals surface area contributed by atoms with Crippen LogP contribution in [-0.4, -0.2) is 70.1 Å². The number of aryl methyl sites for hydroxylation is 1. The van der Waals surface area contributed by atoms with E-state index in [1.807, 2.05) is 55.4 Å². The zero-order valence-electron chi connectivity index (χ0n) is 26.4. The van der Waals surface area contributed by atoms with Crippen molar-refractivity contribution in [3.8, 4) is 17.3 Å². The van der Waals surface area contributed by atoms with Crippen molar-refractivity contribution in [2.45, 2.75) is 43.6 Å². The van der Waals surface area contributed by atoms with E-state index in [9.17, 15) is 14.4 Å². The molecule has 0 bridgehead atoms. The van der Waals surface area contributed by atoms with Crippen LogP contribution in [0.2, 0.25) is 0 Å². The molecule has 0 unspecified atom stereocenters. The summed E-state index contributed by atoms with van der Waals surface area (Å²) in [6, 6.07) is 18.5. The fraction of sp³-hybridized carbons (Fsp3) is 0.333. The number of aliphatic carboxylic acids is 1. The number of rotatable bonds is 9. The van der Waals surface area contributed by atoms with E-state index in [0.717, 1.165) is 41.2 Å². The number of hydrogen-bond donors (Lipinski definition) is 3. The molecule has 2 aliphatic rings. The van der Waals surface area contributed by atoms with Crippen molar-refractivity contribution in [1.29, 1.82) is 0 Å². The van der Waals surface area contributed by atoms with Crippen LogP contribution in [0.25, 0.3) is 28.4 Å². The Balaban J connectivity index is 1.30. The van der Waals surface area contributed by atoms with Crippen molar-refractivity contribution in [3.05, 3.63) is 83.4 Å². The molecule has 238 valence electrons. The molecule has 2 fully saturated rings. The van der Waals surface area contributed by atoms with Crippen molar-refractivity contribution in [2.24, 2.45) is 7.05 Å². The summed E-state index contributed by atoms with van der Waals surface area (Å²) >= 11 is 0. The molecule has 4 aromatic rings. The SMILES string of the molecule is COc1cccc(-c2c(C3CCCC3)c3ccc(C(=O)N[C@@]4(C(=O)Nc5ccc(/C=C/C(=O)O)cc5)CCN(C)C4)cc3n2C)n1. The summed E-state index contributed by atoms with van der Waals surface area (Å²) in [6.45, 7) is 1.03. The molecule has 10 heteroatoms. The number of pyridine rings is 1. The Morgan fingerprint density at radius 3 is 2.48 bits per heavy atom. The monoisotopic (exact) mass is 621 g/mol. The van der Waals surface area contributed by atoms with Crippen molar-refractivity contribution >= 4 is 40.4 Å². The summed E-state index contributed by atoms with van der Waals surface area (Å²) in [7, 11) is 5.56. The third-order valence-corrected chi connectivity index (χ3v) is 9.28. The first kappa shape index (κ1) is 31.0. The van der Waals surface area contributed by atoms with Gasteiger partial charge in [0.25, 0.3) is 11.8 Å². The van der Waals surface area contributed by atoms with Gasteiger partial charge in [-0.2, -0.15) is 0 Å². The van der Waals surface area contributed by atoms with Crippen LogP contribution in [0.15, 0.2) is 66.7 Å². The van der Waals surface area contributed by atoms with E-state index in [0.29, 0.717) is 48.1 Å². The molecule has 2 aromatic carbocycles. The lowest BCUT2D eigenvalue weighted by molar-refractivity contribution is -0.131. The zero-order valence-corrected chi connectivity index (χ0v) is 26.4. The molecular formula is C36H39N5O5. The number of benzene rings is 2. The largest absolute Gasteiger partial charge is 0.481 e.